The predicted molar refractivity (Wildman–Crippen MR) is 59.2 cm³/mol. The summed E-state index contributed by atoms with van der Waals surface area (Å²) in [6.45, 7) is 1.96. The van der Waals surface area contributed by atoms with Gasteiger partial charge in [0.2, 0.25) is 0 Å². The first-order chi connectivity index (χ1) is 7.00. The Hall–Kier alpha value is -0.900. The monoisotopic (exact) mass is 271 g/mol. The maximum absolute atomic E-state index is 13.3. The van der Waals surface area contributed by atoms with Crippen molar-refractivity contribution in [1.29, 1.82) is 0 Å². The van der Waals surface area contributed by atoms with Crippen LogP contribution in [-0.2, 0) is 0 Å². The highest BCUT2D eigenvalue weighted by atomic mass is 79.9. The zero-order valence-electron chi connectivity index (χ0n) is 8.31. The summed E-state index contributed by atoms with van der Waals surface area (Å²) < 4.78 is 14.0. The molecule has 0 saturated heterocycles. The first kappa shape index (κ1) is 10.6. The number of hydrogen-bond donors (Lipinski definition) is 1. The van der Waals surface area contributed by atoms with Crippen molar-refractivity contribution in [2.45, 2.75) is 25.3 Å². The van der Waals surface area contributed by atoms with Gasteiger partial charge >= 0.3 is 0 Å². The van der Waals surface area contributed by atoms with Crippen molar-refractivity contribution in [3.8, 4) is 0 Å². The molecule has 0 heterocycles. The molecule has 1 N–H and O–H groups in total. The van der Waals surface area contributed by atoms with Crippen LogP contribution in [0.5, 0.6) is 0 Å². The minimum absolute atomic E-state index is 0.0949. The second kappa shape index (κ2) is 3.59. The van der Waals surface area contributed by atoms with Gasteiger partial charge in [-0.1, -0.05) is 15.9 Å². The van der Waals surface area contributed by atoms with E-state index in [9.17, 15) is 9.18 Å². The topological polar surface area (TPSA) is 29.1 Å². The molecule has 0 unspecified atom stereocenters. The number of carbonyl (C=O) groups excluding carboxylic acids is 1. The molecule has 0 spiro atoms. The van der Waals surface area contributed by atoms with Crippen LogP contribution in [0, 0.1) is 5.82 Å². The zero-order valence-corrected chi connectivity index (χ0v) is 9.90. The number of benzene rings is 1. The van der Waals surface area contributed by atoms with E-state index >= 15 is 0 Å². The number of halogens is 2. The van der Waals surface area contributed by atoms with Crippen LogP contribution in [-0.4, -0.2) is 11.4 Å². The van der Waals surface area contributed by atoms with Crippen molar-refractivity contribution < 1.29 is 9.18 Å². The zero-order chi connectivity index (χ0) is 11.1. The molecule has 2 rings (SSSR count). The van der Waals surface area contributed by atoms with Gasteiger partial charge in [-0.25, -0.2) is 4.39 Å². The van der Waals surface area contributed by atoms with E-state index in [2.05, 4.69) is 21.2 Å². The van der Waals surface area contributed by atoms with Crippen LogP contribution in [0.4, 0.5) is 4.39 Å². The van der Waals surface area contributed by atoms with Crippen LogP contribution in [0.1, 0.15) is 30.1 Å². The molecule has 0 radical (unpaired) electrons. The van der Waals surface area contributed by atoms with Crippen molar-refractivity contribution in [3.63, 3.8) is 0 Å². The van der Waals surface area contributed by atoms with Crippen LogP contribution in [0.25, 0.3) is 0 Å². The summed E-state index contributed by atoms with van der Waals surface area (Å²) in [5.74, 6) is -0.825. The summed E-state index contributed by atoms with van der Waals surface area (Å²) in [5, 5.41) is 2.81. The Labute approximate surface area is 96.0 Å². The smallest absolute Gasteiger partial charge is 0.254 e. The van der Waals surface area contributed by atoms with Gasteiger partial charge in [-0.15, -0.1) is 0 Å². The highest BCUT2D eigenvalue weighted by molar-refractivity contribution is 9.10. The maximum atomic E-state index is 13.3. The summed E-state index contributed by atoms with van der Waals surface area (Å²) in [6.07, 6.45) is 1.93. The fraction of sp³-hybridized carbons (Fsp3) is 0.364. The van der Waals surface area contributed by atoms with E-state index in [1.807, 2.05) is 6.92 Å². The van der Waals surface area contributed by atoms with Crippen molar-refractivity contribution >= 4 is 21.8 Å². The summed E-state index contributed by atoms with van der Waals surface area (Å²) in [4.78, 5) is 11.7. The summed E-state index contributed by atoms with van der Waals surface area (Å²) in [5.41, 5.74) is -0.0243. The minimum atomic E-state index is -0.486. The van der Waals surface area contributed by atoms with E-state index in [0.29, 0.717) is 4.47 Å². The highest BCUT2D eigenvalue weighted by Gasteiger charge is 2.39. The molecular weight excluding hydrogens is 261 g/mol. The second-order valence-electron chi connectivity index (χ2n) is 4.14. The summed E-state index contributed by atoms with van der Waals surface area (Å²) in [6, 6.07) is 4.36. The van der Waals surface area contributed by atoms with Crippen LogP contribution in [0.3, 0.4) is 0 Å². The first-order valence-electron chi connectivity index (χ1n) is 4.78. The molecule has 80 valence electrons. The van der Waals surface area contributed by atoms with E-state index in [-0.39, 0.29) is 17.0 Å². The van der Waals surface area contributed by atoms with Gasteiger partial charge in [0, 0.05) is 10.0 Å². The van der Waals surface area contributed by atoms with Gasteiger partial charge < -0.3 is 5.32 Å². The van der Waals surface area contributed by atoms with E-state index < -0.39 is 5.82 Å². The number of nitrogens with one attached hydrogen (secondary N) is 1. The van der Waals surface area contributed by atoms with Gasteiger partial charge in [-0.2, -0.15) is 0 Å². The molecule has 1 amide bonds. The van der Waals surface area contributed by atoms with Gasteiger partial charge in [0.1, 0.15) is 5.82 Å². The third-order valence-electron chi connectivity index (χ3n) is 2.59. The lowest BCUT2D eigenvalue weighted by Gasteiger charge is -2.11. The van der Waals surface area contributed by atoms with E-state index in [4.69, 9.17) is 0 Å². The largest absolute Gasteiger partial charge is 0.347 e. The van der Waals surface area contributed by atoms with Gasteiger partial charge in [-0.05, 0) is 38.0 Å². The highest BCUT2D eigenvalue weighted by Crippen LogP contribution is 2.34. The summed E-state index contributed by atoms with van der Waals surface area (Å²) >= 11 is 3.21. The Bertz CT molecular complexity index is 415. The van der Waals surface area contributed by atoms with E-state index in [1.165, 1.54) is 12.1 Å². The predicted octanol–water partition coefficient (Wildman–Crippen LogP) is 2.87. The Balaban J connectivity index is 2.21. The van der Waals surface area contributed by atoms with Crippen LogP contribution >= 0.6 is 15.9 Å². The van der Waals surface area contributed by atoms with Gasteiger partial charge in [0.25, 0.3) is 5.91 Å². The lowest BCUT2D eigenvalue weighted by Crippen LogP contribution is -2.34. The third kappa shape index (κ3) is 2.37. The normalized spacial score (nSPS) is 17.3. The Kier molecular flexibility index (Phi) is 2.54. The van der Waals surface area contributed by atoms with Crippen molar-refractivity contribution in [3.05, 3.63) is 34.1 Å². The molecule has 1 aromatic rings. The minimum Gasteiger partial charge on any atom is -0.347 e. The average molecular weight is 272 g/mol. The molecule has 0 atom stereocenters. The van der Waals surface area contributed by atoms with Gasteiger partial charge in [0.15, 0.2) is 0 Å². The van der Waals surface area contributed by atoms with Crippen molar-refractivity contribution in [1.82, 2.24) is 5.32 Å². The second-order valence-corrected chi connectivity index (χ2v) is 5.05. The molecule has 1 aliphatic carbocycles. The SMILES string of the molecule is CC1(NC(=O)c2cc(Br)ccc2F)CC1. The number of carbonyl (C=O) groups is 1. The lowest BCUT2D eigenvalue weighted by atomic mass is 10.2. The number of hydrogen-bond acceptors (Lipinski definition) is 1. The van der Waals surface area contributed by atoms with Crippen LogP contribution < -0.4 is 5.32 Å². The van der Waals surface area contributed by atoms with Crippen molar-refractivity contribution in [2.75, 3.05) is 0 Å². The van der Waals surface area contributed by atoms with E-state index in [1.54, 1.807) is 6.07 Å². The van der Waals surface area contributed by atoms with Crippen molar-refractivity contribution in [2.24, 2.45) is 0 Å². The summed E-state index contributed by atoms with van der Waals surface area (Å²) in [7, 11) is 0. The molecule has 1 aromatic carbocycles. The Morgan fingerprint density at radius 2 is 2.20 bits per heavy atom. The third-order valence-corrected chi connectivity index (χ3v) is 3.08. The molecule has 0 aliphatic heterocycles. The Morgan fingerprint density at radius 1 is 1.53 bits per heavy atom. The molecule has 0 aromatic heterocycles. The molecular formula is C11H11BrFNO. The standard InChI is InChI=1S/C11H11BrFNO/c1-11(4-5-11)14-10(15)8-6-7(12)2-3-9(8)13/h2-3,6H,4-5H2,1H3,(H,14,15). The number of amides is 1. The molecule has 2 nitrogen and oxygen atoms in total. The fourth-order valence-electron chi connectivity index (χ4n) is 1.33. The lowest BCUT2D eigenvalue weighted by molar-refractivity contribution is 0.0931. The Morgan fingerprint density at radius 3 is 2.80 bits per heavy atom. The molecule has 1 fully saturated rings. The first-order valence-corrected chi connectivity index (χ1v) is 5.57. The van der Waals surface area contributed by atoms with Crippen LogP contribution in [0.15, 0.2) is 22.7 Å². The molecule has 4 heteroatoms. The molecule has 1 saturated carbocycles. The van der Waals surface area contributed by atoms with Crippen LogP contribution in [0.2, 0.25) is 0 Å². The fourth-order valence-corrected chi connectivity index (χ4v) is 1.69. The maximum Gasteiger partial charge on any atom is 0.254 e. The quantitative estimate of drug-likeness (QED) is 0.881. The molecule has 15 heavy (non-hydrogen) atoms. The molecule has 1 aliphatic rings. The van der Waals surface area contributed by atoms with Gasteiger partial charge in [-0.3, -0.25) is 4.79 Å². The molecule has 0 bridgehead atoms. The average Bonchev–Trinajstić information content (AvgIpc) is 2.87. The number of rotatable bonds is 2. The van der Waals surface area contributed by atoms with E-state index in [0.717, 1.165) is 12.8 Å². The van der Waals surface area contributed by atoms with Gasteiger partial charge in [0.05, 0.1) is 5.56 Å².